The molecule has 0 aromatic heterocycles. The minimum atomic E-state index is -0.325. The maximum absolute atomic E-state index is 12.0. The van der Waals surface area contributed by atoms with Crippen molar-refractivity contribution >= 4 is 5.97 Å². The van der Waals surface area contributed by atoms with E-state index in [1.165, 1.54) is 5.56 Å². The zero-order valence-corrected chi connectivity index (χ0v) is 12.4. The van der Waals surface area contributed by atoms with E-state index in [4.69, 9.17) is 4.74 Å². The lowest BCUT2D eigenvalue weighted by atomic mass is 9.87. The molecule has 104 valence electrons. The van der Waals surface area contributed by atoms with Gasteiger partial charge in [0, 0.05) is 0 Å². The summed E-state index contributed by atoms with van der Waals surface area (Å²) in [5.41, 5.74) is 2.99. The third-order valence-corrected chi connectivity index (χ3v) is 3.22. The zero-order valence-electron chi connectivity index (χ0n) is 12.4. The summed E-state index contributed by atoms with van der Waals surface area (Å²) in [5, 5.41) is 0. The van der Waals surface area contributed by atoms with Crippen LogP contribution in [0.2, 0.25) is 0 Å². The van der Waals surface area contributed by atoms with Crippen molar-refractivity contribution in [2.45, 2.75) is 33.1 Å². The maximum atomic E-state index is 12.0. The second-order valence-electron chi connectivity index (χ2n) is 6.03. The van der Waals surface area contributed by atoms with Gasteiger partial charge in [0.25, 0.3) is 0 Å². The number of esters is 1. The molecule has 20 heavy (non-hydrogen) atoms. The van der Waals surface area contributed by atoms with Crippen LogP contribution in [0.5, 0.6) is 5.75 Å². The van der Waals surface area contributed by atoms with Crippen molar-refractivity contribution in [1.29, 1.82) is 0 Å². The van der Waals surface area contributed by atoms with E-state index < -0.39 is 0 Å². The Bertz CT molecular complexity index is 587. The summed E-state index contributed by atoms with van der Waals surface area (Å²) in [5.74, 6) is 0.245. The molecule has 2 aromatic carbocycles. The average Bonchev–Trinajstić information content (AvgIpc) is 2.40. The first-order valence-electron chi connectivity index (χ1n) is 6.76. The SMILES string of the molecule is Cc1ccc(OC(=O)c2ccc(C(C)(C)C)cc2)cc1. The third kappa shape index (κ3) is 3.47. The van der Waals surface area contributed by atoms with Gasteiger partial charge in [0.05, 0.1) is 5.56 Å². The average molecular weight is 268 g/mol. The van der Waals surface area contributed by atoms with Crippen molar-refractivity contribution in [3.05, 3.63) is 65.2 Å². The first-order valence-corrected chi connectivity index (χ1v) is 6.76. The molecular formula is C18H20O2. The number of benzene rings is 2. The van der Waals surface area contributed by atoms with E-state index in [9.17, 15) is 4.79 Å². The van der Waals surface area contributed by atoms with Crippen LogP contribution in [0, 0.1) is 6.92 Å². The Morgan fingerprint density at radius 3 is 1.95 bits per heavy atom. The molecule has 0 fully saturated rings. The van der Waals surface area contributed by atoms with E-state index >= 15 is 0 Å². The van der Waals surface area contributed by atoms with Crippen molar-refractivity contribution in [2.75, 3.05) is 0 Å². The molecule has 2 aromatic rings. The Balaban J connectivity index is 2.11. The van der Waals surface area contributed by atoms with Crippen LogP contribution in [0.15, 0.2) is 48.5 Å². The zero-order chi connectivity index (χ0) is 14.8. The number of rotatable bonds is 2. The molecule has 0 aliphatic carbocycles. The number of hydrogen-bond acceptors (Lipinski definition) is 2. The molecule has 0 saturated heterocycles. The van der Waals surface area contributed by atoms with E-state index in [0.717, 1.165) is 5.56 Å². The molecule has 0 aliphatic heterocycles. The summed E-state index contributed by atoms with van der Waals surface area (Å²) >= 11 is 0. The molecule has 2 rings (SSSR count). The van der Waals surface area contributed by atoms with Crippen LogP contribution in [0.25, 0.3) is 0 Å². The van der Waals surface area contributed by atoms with Crippen molar-refractivity contribution < 1.29 is 9.53 Å². The molecule has 0 bridgehead atoms. The van der Waals surface area contributed by atoms with Crippen LogP contribution < -0.4 is 4.74 Å². The van der Waals surface area contributed by atoms with Gasteiger partial charge in [-0.15, -0.1) is 0 Å². The van der Waals surface area contributed by atoms with Crippen LogP contribution in [-0.4, -0.2) is 5.97 Å². The van der Waals surface area contributed by atoms with Crippen molar-refractivity contribution in [3.8, 4) is 5.75 Å². The fraction of sp³-hybridized carbons (Fsp3) is 0.278. The second-order valence-corrected chi connectivity index (χ2v) is 6.03. The van der Waals surface area contributed by atoms with E-state index in [-0.39, 0.29) is 11.4 Å². The van der Waals surface area contributed by atoms with Gasteiger partial charge in [-0.3, -0.25) is 0 Å². The fourth-order valence-corrected chi connectivity index (χ4v) is 1.88. The Morgan fingerprint density at radius 2 is 1.45 bits per heavy atom. The van der Waals surface area contributed by atoms with Gasteiger partial charge in [-0.2, -0.15) is 0 Å². The smallest absolute Gasteiger partial charge is 0.343 e. The van der Waals surface area contributed by atoms with Crippen molar-refractivity contribution in [2.24, 2.45) is 0 Å². The molecule has 0 amide bonds. The van der Waals surface area contributed by atoms with Gasteiger partial charge in [0.1, 0.15) is 5.75 Å². The topological polar surface area (TPSA) is 26.3 Å². The lowest BCUT2D eigenvalue weighted by Gasteiger charge is -2.18. The van der Waals surface area contributed by atoms with Gasteiger partial charge in [0.15, 0.2) is 0 Å². The molecule has 0 aliphatic rings. The molecule has 0 unspecified atom stereocenters. The largest absolute Gasteiger partial charge is 0.423 e. The normalized spacial score (nSPS) is 11.2. The Labute approximate surface area is 120 Å². The molecule has 0 atom stereocenters. The summed E-state index contributed by atoms with van der Waals surface area (Å²) in [7, 11) is 0. The molecular weight excluding hydrogens is 248 g/mol. The second kappa shape index (κ2) is 5.49. The quantitative estimate of drug-likeness (QED) is 0.591. The summed E-state index contributed by atoms with van der Waals surface area (Å²) < 4.78 is 5.34. The lowest BCUT2D eigenvalue weighted by molar-refractivity contribution is 0.0734. The van der Waals surface area contributed by atoms with E-state index in [1.807, 2.05) is 43.3 Å². The number of aryl methyl sites for hydroxylation is 1. The highest BCUT2D eigenvalue weighted by molar-refractivity contribution is 5.91. The highest BCUT2D eigenvalue weighted by Gasteiger charge is 2.15. The summed E-state index contributed by atoms with van der Waals surface area (Å²) in [4.78, 5) is 12.0. The Hall–Kier alpha value is -2.09. The fourth-order valence-electron chi connectivity index (χ4n) is 1.88. The summed E-state index contributed by atoms with van der Waals surface area (Å²) in [6, 6.07) is 15.0. The molecule has 0 spiro atoms. The van der Waals surface area contributed by atoms with Crippen LogP contribution in [0.3, 0.4) is 0 Å². The molecule has 0 radical (unpaired) electrons. The predicted octanol–water partition coefficient (Wildman–Crippen LogP) is 4.51. The summed E-state index contributed by atoms with van der Waals surface area (Å²) in [6.45, 7) is 8.43. The molecule has 2 heteroatoms. The summed E-state index contributed by atoms with van der Waals surface area (Å²) in [6.07, 6.45) is 0. The highest BCUT2D eigenvalue weighted by atomic mass is 16.5. The Morgan fingerprint density at radius 1 is 0.900 bits per heavy atom. The monoisotopic (exact) mass is 268 g/mol. The van der Waals surface area contributed by atoms with E-state index in [1.54, 1.807) is 12.1 Å². The van der Waals surface area contributed by atoms with Crippen molar-refractivity contribution in [3.63, 3.8) is 0 Å². The van der Waals surface area contributed by atoms with E-state index in [2.05, 4.69) is 20.8 Å². The number of hydrogen-bond donors (Lipinski definition) is 0. The number of carbonyl (C=O) groups is 1. The van der Waals surface area contributed by atoms with Crippen LogP contribution in [-0.2, 0) is 5.41 Å². The molecule has 2 nitrogen and oxygen atoms in total. The minimum absolute atomic E-state index is 0.0827. The van der Waals surface area contributed by atoms with Crippen LogP contribution >= 0.6 is 0 Å². The number of ether oxygens (including phenoxy) is 1. The van der Waals surface area contributed by atoms with Gasteiger partial charge in [-0.05, 0) is 42.2 Å². The van der Waals surface area contributed by atoms with Crippen LogP contribution in [0.4, 0.5) is 0 Å². The van der Waals surface area contributed by atoms with Gasteiger partial charge < -0.3 is 4.74 Å². The van der Waals surface area contributed by atoms with Gasteiger partial charge in [0.2, 0.25) is 0 Å². The lowest BCUT2D eigenvalue weighted by Crippen LogP contribution is -2.12. The predicted molar refractivity (Wildman–Crippen MR) is 81.3 cm³/mol. The Kier molecular flexibility index (Phi) is 3.93. The third-order valence-electron chi connectivity index (χ3n) is 3.22. The first-order chi connectivity index (χ1) is 9.36. The number of carbonyl (C=O) groups excluding carboxylic acids is 1. The van der Waals surface area contributed by atoms with Gasteiger partial charge in [-0.1, -0.05) is 50.6 Å². The molecule has 0 N–H and O–H groups in total. The van der Waals surface area contributed by atoms with Gasteiger partial charge in [-0.25, -0.2) is 4.79 Å². The van der Waals surface area contributed by atoms with Crippen LogP contribution in [0.1, 0.15) is 42.3 Å². The van der Waals surface area contributed by atoms with Gasteiger partial charge >= 0.3 is 5.97 Å². The standard InChI is InChI=1S/C18H20O2/c1-13-5-11-16(12-6-13)20-17(19)14-7-9-15(10-8-14)18(2,3)4/h5-12H,1-4H3. The van der Waals surface area contributed by atoms with E-state index in [0.29, 0.717) is 11.3 Å². The molecule has 0 heterocycles. The maximum Gasteiger partial charge on any atom is 0.343 e. The molecule has 0 saturated carbocycles. The minimum Gasteiger partial charge on any atom is -0.423 e. The van der Waals surface area contributed by atoms with Crippen molar-refractivity contribution in [1.82, 2.24) is 0 Å². The highest BCUT2D eigenvalue weighted by Crippen LogP contribution is 2.22. The first kappa shape index (κ1) is 14.3.